The Kier molecular flexibility index (Phi) is 5.55. The predicted octanol–water partition coefficient (Wildman–Crippen LogP) is 5.95. The summed E-state index contributed by atoms with van der Waals surface area (Å²) in [6, 6.07) is 17.0. The van der Waals surface area contributed by atoms with Gasteiger partial charge in [-0.1, -0.05) is 30.7 Å². The fourth-order valence-electron chi connectivity index (χ4n) is 3.01. The van der Waals surface area contributed by atoms with E-state index in [4.69, 9.17) is 16.0 Å². The van der Waals surface area contributed by atoms with Crippen molar-refractivity contribution in [2.45, 2.75) is 13.3 Å². The van der Waals surface area contributed by atoms with Crippen molar-refractivity contribution in [1.29, 1.82) is 0 Å². The number of fused-ring (bicyclic) bond motifs is 1. The molecule has 0 atom stereocenters. The molecule has 0 aliphatic rings. The Labute approximate surface area is 182 Å². The molecule has 31 heavy (non-hydrogen) atoms. The SMILES string of the molecule is CCc1ccc(Nc2nc3cc(NC(=O)c4ccc([N+](=O)[O-])cc4Cl)ccc3o2)cc1. The number of anilines is 3. The molecule has 0 fully saturated rings. The lowest BCUT2D eigenvalue weighted by atomic mass is 10.1. The number of oxazole rings is 1. The Bertz CT molecular complexity index is 1280. The number of aromatic nitrogens is 1. The molecule has 0 unspecified atom stereocenters. The monoisotopic (exact) mass is 436 g/mol. The third-order valence-electron chi connectivity index (χ3n) is 4.67. The number of amides is 1. The van der Waals surface area contributed by atoms with Crippen LogP contribution < -0.4 is 10.6 Å². The molecule has 8 nitrogen and oxygen atoms in total. The van der Waals surface area contributed by atoms with Crippen molar-refractivity contribution < 1.29 is 14.1 Å². The molecule has 0 bridgehead atoms. The van der Waals surface area contributed by atoms with Gasteiger partial charge in [0.25, 0.3) is 17.6 Å². The zero-order chi connectivity index (χ0) is 22.0. The molecule has 3 aromatic carbocycles. The summed E-state index contributed by atoms with van der Waals surface area (Å²) in [5.41, 5.74) is 3.63. The van der Waals surface area contributed by atoms with Crippen LogP contribution in [0.1, 0.15) is 22.8 Å². The number of carbonyl (C=O) groups excluding carboxylic acids is 1. The summed E-state index contributed by atoms with van der Waals surface area (Å²) < 4.78 is 5.71. The predicted molar refractivity (Wildman–Crippen MR) is 119 cm³/mol. The van der Waals surface area contributed by atoms with Crippen LogP contribution >= 0.6 is 11.6 Å². The van der Waals surface area contributed by atoms with E-state index >= 15 is 0 Å². The van der Waals surface area contributed by atoms with Gasteiger partial charge in [0.15, 0.2) is 5.58 Å². The van der Waals surface area contributed by atoms with Crippen molar-refractivity contribution in [1.82, 2.24) is 4.98 Å². The summed E-state index contributed by atoms with van der Waals surface area (Å²) in [4.78, 5) is 27.2. The molecule has 4 rings (SSSR count). The van der Waals surface area contributed by atoms with Crippen LogP contribution in [-0.4, -0.2) is 15.8 Å². The molecule has 1 amide bonds. The summed E-state index contributed by atoms with van der Waals surface area (Å²) in [5.74, 6) is -0.489. The first kappa shape index (κ1) is 20.4. The molecular formula is C22H17ClN4O4. The molecule has 0 radical (unpaired) electrons. The molecule has 1 aromatic heterocycles. The molecular weight excluding hydrogens is 420 g/mol. The van der Waals surface area contributed by atoms with E-state index in [2.05, 4.69) is 22.5 Å². The molecule has 4 aromatic rings. The normalized spacial score (nSPS) is 10.8. The number of nitro benzene ring substituents is 1. The van der Waals surface area contributed by atoms with E-state index in [0.717, 1.165) is 18.2 Å². The van der Waals surface area contributed by atoms with Gasteiger partial charge in [-0.3, -0.25) is 14.9 Å². The maximum absolute atomic E-state index is 12.5. The Balaban J connectivity index is 1.51. The van der Waals surface area contributed by atoms with Crippen molar-refractivity contribution in [2.75, 3.05) is 10.6 Å². The van der Waals surface area contributed by atoms with Gasteiger partial charge in [-0.25, -0.2) is 0 Å². The van der Waals surface area contributed by atoms with Crippen LogP contribution in [-0.2, 0) is 6.42 Å². The van der Waals surface area contributed by atoms with Gasteiger partial charge in [0, 0.05) is 23.5 Å². The molecule has 0 saturated carbocycles. The van der Waals surface area contributed by atoms with Crippen molar-refractivity contribution >= 4 is 51.7 Å². The number of nitro groups is 1. The van der Waals surface area contributed by atoms with Crippen molar-refractivity contribution in [3.63, 3.8) is 0 Å². The van der Waals surface area contributed by atoms with Crippen LogP contribution in [0.2, 0.25) is 5.02 Å². The summed E-state index contributed by atoms with van der Waals surface area (Å²) in [6.45, 7) is 2.09. The summed E-state index contributed by atoms with van der Waals surface area (Å²) in [6.07, 6.45) is 0.961. The van der Waals surface area contributed by atoms with E-state index in [1.165, 1.54) is 17.7 Å². The van der Waals surface area contributed by atoms with E-state index in [1.807, 2.05) is 24.3 Å². The second-order valence-corrected chi connectivity index (χ2v) is 7.16. The second kappa shape index (κ2) is 8.45. The minimum atomic E-state index is -0.574. The highest BCUT2D eigenvalue weighted by molar-refractivity contribution is 6.34. The minimum Gasteiger partial charge on any atom is -0.423 e. The van der Waals surface area contributed by atoms with E-state index in [0.29, 0.717) is 22.8 Å². The smallest absolute Gasteiger partial charge is 0.300 e. The largest absolute Gasteiger partial charge is 0.423 e. The molecule has 1 heterocycles. The Morgan fingerprint density at radius 2 is 1.84 bits per heavy atom. The standard InChI is InChI=1S/C22H17ClN4O4/c1-2-13-3-5-14(6-4-13)25-22-26-19-11-15(7-10-20(19)31-22)24-21(28)17-9-8-16(27(29)30)12-18(17)23/h3-12H,2H2,1H3,(H,24,28)(H,25,26). The Hall–Kier alpha value is -3.91. The number of hydrogen-bond acceptors (Lipinski definition) is 6. The number of nitrogens with one attached hydrogen (secondary N) is 2. The quantitative estimate of drug-likeness (QED) is 0.285. The zero-order valence-corrected chi connectivity index (χ0v) is 17.1. The topological polar surface area (TPSA) is 110 Å². The van der Waals surface area contributed by atoms with Crippen LogP contribution in [0, 0.1) is 10.1 Å². The van der Waals surface area contributed by atoms with E-state index in [9.17, 15) is 14.9 Å². The highest BCUT2D eigenvalue weighted by atomic mass is 35.5. The lowest BCUT2D eigenvalue weighted by Crippen LogP contribution is -2.12. The van der Waals surface area contributed by atoms with Gasteiger partial charge in [0.05, 0.1) is 15.5 Å². The average molecular weight is 437 g/mol. The van der Waals surface area contributed by atoms with E-state index < -0.39 is 10.8 Å². The zero-order valence-electron chi connectivity index (χ0n) is 16.4. The number of aryl methyl sites for hydroxylation is 1. The highest BCUT2D eigenvalue weighted by Crippen LogP contribution is 2.27. The second-order valence-electron chi connectivity index (χ2n) is 6.75. The average Bonchev–Trinajstić information content (AvgIpc) is 3.15. The molecule has 156 valence electrons. The van der Waals surface area contributed by atoms with Gasteiger partial charge in [0.2, 0.25) is 0 Å². The number of rotatable bonds is 6. The minimum absolute atomic E-state index is 0.00482. The van der Waals surface area contributed by atoms with Crippen molar-refractivity contribution in [3.8, 4) is 0 Å². The van der Waals surface area contributed by atoms with Gasteiger partial charge in [-0.05, 0) is 48.4 Å². The molecule has 0 aliphatic heterocycles. The maximum Gasteiger partial charge on any atom is 0.300 e. The molecule has 2 N–H and O–H groups in total. The van der Waals surface area contributed by atoms with Gasteiger partial charge < -0.3 is 15.1 Å². The third-order valence-corrected chi connectivity index (χ3v) is 4.98. The van der Waals surface area contributed by atoms with Crippen LogP contribution in [0.3, 0.4) is 0 Å². The first-order chi connectivity index (χ1) is 14.9. The van der Waals surface area contributed by atoms with Crippen LogP contribution in [0.15, 0.2) is 65.1 Å². The number of halogens is 1. The van der Waals surface area contributed by atoms with Crippen LogP contribution in [0.4, 0.5) is 23.1 Å². The van der Waals surface area contributed by atoms with E-state index in [-0.39, 0.29) is 16.3 Å². The molecule has 0 spiro atoms. The Morgan fingerprint density at radius 1 is 1.10 bits per heavy atom. The number of non-ortho nitro benzene ring substituents is 1. The fourth-order valence-corrected chi connectivity index (χ4v) is 3.27. The lowest BCUT2D eigenvalue weighted by molar-refractivity contribution is -0.384. The number of hydrogen-bond donors (Lipinski definition) is 2. The van der Waals surface area contributed by atoms with Crippen LogP contribution in [0.5, 0.6) is 0 Å². The Morgan fingerprint density at radius 3 is 2.52 bits per heavy atom. The molecule has 0 aliphatic carbocycles. The van der Waals surface area contributed by atoms with Crippen molar-refractivity contribution in [2.24, 2.45) is 0 Å². The number of benzene rings is 3. The van der Waals surface area contributed by atoms with Crippen LogP contribution in [0.25, 0.3) is 11.1 Å². The maximum atomic E-state index is 12.5. The van der Waals surface area contributed by atoms with Gasteiger partial charge in [-0.2, -0.15) is 4.98 Å². The summed E-state index contributed by atoms with van der Waals surface area (Å²) in [7, 11) is 0. The summed E-state index contributed by atoms with van der Waals surface area (Å²) >= 11 is 6.03. The molecule has 9 heteroatoms. The first-order valence-corrected chi connectivity index (χ1v) is 9.82. The third kappa shape index (κ3) is 4.49. The first-order valence-electron chi connectivity index (χ1n) is 9.45. The summed E-state index contributed by atoms with van der Waals surface area (Å²) in [5, 5.41) is 16.6. The lowest BCUT2D eigenvalue weighted by Gasteiger charge is -2.06. The number of carbonyl (C=O) groups is 1. The molecule has 0 saturated heterocycles. The van der Waals surface area contributed by atoms with E-state index in [1.54, 1.807) is 18.2 Å². The highest BCUT2D eigenvalue weighted by Gasteiger charge is 2.16. The van der Waals surface area contributed by atoms with Gasteiger partial charge >= 0.3 is 0 Å². The number of nitrogens with zero attached hydrogens (tertiary/aromatic N) is 2. The van der Waals surface area contributed by atoms with Gasteiger partial charge in [0.1, 0.15) is 5.52 Å². The van der Waals surface area contributed by atoms with Gasteiger partial charge in [-0.15, -0.1) is 0 Å². The fraction of sp³-hybridized carbons (Fsp3) is 0.0909. The van der Waals surface area contributed by atoms with Crippen molar-refractivity contribution in [3.05, 3.63) is 86.9 Å².